The van der Waals surface area contributed by atoms with Crippen LogP contribution in [0, 0.1) is 6.92 Å². The lowest BCUT2D eigenvalue weighted by Gasteiger charge is -2.06. The second kappa shape index (κ2) is 6.75. The molecular weight excluding hydrogens is 352 g/mol. The molecule has 0 aliphatic carbocycles. The van der Waals surface area contributed by atoms with Crippen molar-refractivity contribution in [3.63, 3.8) is 0 Å². The molecule has 112 valence electrons. The van der Waals surface area contributed by atoms with E-state index in [1.54, 1.807) is 0 Å². The molecule has 0 aliphatic heterocycles. The molecule has 0 saturated carbocycles. The third kappa shape index (κ3) is 3.38. The molecule has 2 aromatic rings. The van der Waals surface area contributed by atoms with E-state index in [9.17, 15) is 4.79 Å². The van der Waals surface area contributed by atoms with Gasteiger partial charge in [-0.15, -0.1) is 0 Å². The van der Waals surface area contributed by atoms with Crippen molar-refractivity contribution in [2.45, 2.75) is 40.2 Å². The predicted octanol–water partition coefficient (Wildman–Crippen LogP) is 4.62. The molecule has 0 radical (unpaired) electrons. The van der Waals surface area contributed by atoms with Crippen LogP contribution in [0.1, 0.15) is 41.2 Å². The van der Waals surface area contributed by atoms with E-state index in [4.69, 9.17) is 11.6 Å². The van der Waals surface area contributed by atoms with Crippen molar-refractivity contribution < 1.29 is 4.79 Å². The fraction of sp³-hybridized carbons (Fsp3) is 0.375. The van der Waals surface area contributed by atoms with Gasteiger partial charge in [-0.1, -0.05) is 46.6 Å². The summed E-state index contributed by atoms with van der Waals surface area (Å²) in [6, 6.07) is 5.65. The molecule has 0 aliphatic rings. The minimum atomic E-state index is 0.0508. The molecule has 1 heterocycles. The van der Waals surface area contributed by atoms with Gasteiger partial charge in [0.2, 0.25) is 0 Å². The highest BCUT2D eigenvalue weighted by Crippen LogP contribution is 2.24. The molecule has 21 heavy (non-hydrogen) atoms. The number of aromatic nitrogens is 2. The molecule has 0 fully saturated rings. The fourth-order valence-electron chi connectivity index (χ4n) is 2.21. The van der Waals surface area contributed by atoms with Crippen molar-refractivity contribution in [3.05, 3.63) is 50.2 Å². The van der Waals surface area contributed by atoms with E-state index in [0.29, 0.717) is 17.1 Å². The van der Waals surface area contributed by atoms with E-state index in [0.717, 1.165) is 27.8 Å². The number of rotatable bonds is 5. The number of Topliss-reactive ketones (excluding diaryl/α,β-unsaturated/α-hetero) is 1. The average molecular weight is 370 g/mol. The molecule has 0 saturated heterocycles. The summed E-state index contributed by atoms with van der Waals surface area (Å²) in [5.41, 5.74) is 3.45. The van der Waals surface area contributed by atoms with Crippen molar-refractivity contribution in [2.75, 3.05) is 0 Å². The van der Waals surface area contributed by atoms with Gasteiger partial charge in [-0.25, -0.2) is 0 Å². The Morgan fingerprint density at radius 3 is 2.67 bits per heavy atom. The molecule has 1 aromatic carbocycles. The molecule has 0 spiro atoms. The molecule has 2 rings (SSSR count). The van der Waals surface area contributed by atoms with Crippen LogP contribution in [-0.4, -0.2) is 15.6 Å². The van der Waals surface area contributed by atoms with E-state index in [1.807, 2.05) is 43.7 Å². The quantitative estimate of drug-likeness (QED) is 0.721. The number of nitrogens with zero attached hydrogens (tertiary/aromatic N) is 2. The highest BCUT2D eigenvalue weighted by atomic mass is 79.9. The molecule has 0 unspecified atom stereocenters. The third-order valence-electron chi connectivity index (χ3n) is 3.52. The van der Waals surface area contributed by atoms with Crippen LogP contribution in [0.15, 0.2) is 22.7 Å². The van der Waals surface area contributed by atoms with Gasteiger partial charge in [0.15, 0.2) is 5.78 Å². The first-order valence-corrected chi connectivity index (χ1v) is 8.18. The first-order chi connectivity index (χ1) is 9.97. The van der Waals surface area contributed by atoms with Crippen molar-refractivity contribution >= 4 is 33.3 Å². The lowest BCUT2D eigenvalue weighted by atomic mass is 10.0. The zero-order chi connectivity index (χ0) is 15.6. The van der Waals surface area contributed by atoms with Crippen LogP contribution in [0.25, 0.3) is 0 Å². The van der Waals surface area contributed by atoms with E-state index in [1.165, 1.54) is 0 Å². The van der Waals surface area contributed by atoms with E-state index in [-0.39, 0.29) is 12.2 Å². The number of carbonyl (C=O) groups excluding carboxylic acids is 1. The van der Waals surface area contributed by atoms with Crippen LogP contribution < -0.4 is 0 Å². The van der Waals surface area contributed by atoms with Crippen LogP contribution in [0.5, 0.6) is 0 Å². The van der Waals surface area contributed by atoms with Gasteiger partial charge >= 0.3 is 0 Å². The van der Waals surface area contributed by atoms with Gasteiger partial charge in [0.1, 0.15) is 0 Å². The minimum absolute atomic E-state index is 0.0508. The van der Waals surface area contributed by atoms with Crippen molar-refractivity contribution in [3.8, 4) is 0 Å². The van der Waals surface area contributed by atoms with E-state index in [2.05, 4.69) is 21.0 Å². The first kappa shape index (κ1) is 16.2. The normalized spacial score (nSPS) is 10.9. The van der Waals surface area contributed by atoms with Gasteiger partial charge in [-0.2, -0.15) is 5.10 Å². The van der Waals surface area contributed by atoms with Crippen LogP contribution in [-0.2, 0) is 19.4 Å². The summed E-state index contributed by atoms with van der Waals surface area (Å²) in [5.74, 6) is 0.0508. The maximum atomic E-state index is 12.5. The van der Waals surface area contributed by atoms with Gasteiger partial charge in [0.25, 0.3) is 0 Å². The number of hydrogen-bond acceptors (Lipinski definition) is 2. The Morgan fingerprint density at radius 2 is 2.10 bits per heavy atom. The molecule has 0 N–H and O–H groups in total. The number of halogens is 2. The monoisotopic (exact) mass is 368 g/mol. The van der Waals surface area contributed by atoms with Crippen LogP contribution >= 0.6 is 27.5 Å². The summed E-state index contributed by atoms with van der Waals surface area (Å²) >= 11 is 9.81. The standard InChI is InChI=1S/C16H18BrClN2O/c1-4-13-16(18)14(20(5-2)19-13)9-15(21)11-7-6-10(3)12(17)8-11/h6-8H,4-5,9H2,1-3H3. The lowest BCUT2D eigenvalue weighted by molar-refractivity contribution is 0.0990. The zero-order valence-corrected chi connectivity index (χ0v) is 14.8. The molecule has 0 amide bonds. The van der Waals surface area contributed by atoms with Gasteiger partial charge in [0, 0.05) is 16.6 Å². The number of benzene rings is 1. The number of ketones is 1. The third-order valence-corrected chi connectivity index (χ3v) is 4.81. The van der Waals surface area contributed by atoms with Crippen LogP contribution in [0.4, 0.5) is 0 Å². The number of carbonyl (C=O) groups is 1. The number of hydrogen-bond donors (Lipinski definition) is 0. The Kier molecular flexibility index (Phi) is 5.22. The SMILES string of the molecule is CCc1nn(CC)c(CC(=O)c2ccc(C)c(Br)c2)c1Cl. The topological polar surface area (TPSA) is 34.9 Å². The van der Waals surface area contributed by atoms with Crippen molar-refractivity contribution in [1.82, 2.24) is 9.78 Å². The molecule has 5 heteroatoms. The van der Waals surface area contributed by atoms with Gasteiger partial charge in [-0.05, 0) is 31.9 Å². The van der Waals surface area contributed by atoms with E-state index >= 15 is 0 Å². The highest BCUT2D eigenvalue weighted by molar-refractivity contribution is 9.10. The summed E-state index contributed by atoms with van der Waals surface area (Å²) < 4.78 is 2.76. The molecule has 0 bridgehead atoms. The Labute approximate surface area is 138 Å². The molecule has 1 aromatic heterocycles. The van der Waals surface area contributed by atoms with Gasteiger partial charge in [0.05, 0.1) is 22.8 Å². The zero-order valence-electron chi connectivity index (χ0n) is 12.4. The fourth-order valence-corrected chi connectivity index (χ4v) is 2.92. The van der Waals surface area contributed by atoms with Crippen LogP contribution in [0.3, 0.4) is 0 Å². The Bertz CT molecular complexity index is 679. The van der Waals surface area contributed by atoms with Gasteiger partial charge < -0.3 is 0 Å². The summed E-state index contributed by atoms with van der Waals surface area (Å²) in [5, 5.41) is 5.07. The van der Waals surface area contributed by atoms with Crippen molar-refractivity contribution in [2.24, 2.45) is 0 Å². The molecule has 3 nitrogen and oxygen atoms in total. The minimum Gasteiger partial charge on any atom is -0.294 e. The largest absolute Gasteiger partial charge is 0.294 e. The van der Waals surface area contributed by atoms with E-state index < -0.39 is 0 Å². The maximum absolute atomic E-state index is 12.5. The van der Waals surface area contributed by atoms with Crippen molar-refractivity contribution in [1.29, 1.82) is 0 Å². The molecular formula is C16H18BrClN2O. The predicted molar refractivity (Wildman–Crippen MR) is 89.2 cm³/mol. The Morgan fingerprint density at radius 1 is 1.38 bits per heavy atom. The Balaban J connectivity index is 2.31. The van der Waals surface area contributed by atoms with Gasteiger partial charge in [-0.3, -0.25) is 9.48 Å². The number of aryl methyl sites for hydroxylation is 3. The Hall–Kier alpha value is -1.13. The molecule has 0 atom stereocenters. The van der Waals surface area contributed by atoms with Crippen LogP contribution in [0.2, 0.25) is 5.02 Å². The summed E-state index contributed by atoms with van der Waals surface area (Å²) in [6.45, 7) is 6.71. The highest BCUT2D eigenvalue weighted by Gasteiger charge is 2.18. The summed E-state index contributed by atoms with van der Waals surface area (Å²) in [6.07, 6.45) is 1.04. The summed E-state index contributed by atoms with van der Waals surface area (Å²) in [4.78, 5) is 12.5. The lowest BCUT2D eigenvalue weighted by Crippen LogP contribution is -2.10. The first-order valence-electron chi connectivity index (χ1n) is 7.01. The average Bonchev–Trinajstić information content (AvgIpc) is 2.78. The smallest absolute Gasteiger partial charge is 0.168 e. The second-order valence-electron chi connectivity index (χ2n) is 4.94. The maximum Gasteiger partial charge on any atom is 0.168 e. The second-order valence-corrected chi connectivity index (χ2v) is 6.17. The summed E-state index contributed by atoms with van der Waals surface area (Å²) in [7, 11) is 0.